The minimum absolute atomic E-state index is 0.0462. The molecule has 0 aliphatic carbocycles. The van der Waals surface area contributed by atoms with Crippen LogP contribution in [0.2, 0.25) is 0 Å². The standard InChI is InChI=1S/C43H45N11O7/c1-24-13-29-19-45-31-18-36(35(60-5)17-30(31)42(58)54(29)20-24)61-12-6-7-38(55)48-37-23-52(4)39(49-37)41(57)47-27-15-33(50(2)21-27)40(56)46-28-16-34(51(3)22-28)43(59)53-11-10-25-14-26(44)8-9-32(25)53/h8-11,14-19,21-23,29,40,46,56H,1,6-7,12-13,20,44H2,2-5H3,(H,47,57)(H,48,55)/t29-,40?/m0/s1. The normalized spacial score (nSPS) is 15.0. The van der Waals surface area contributed by atoms with E-state index in [1.807, 2.05) is 6.07 Å². The number of amides is 3. The Labute approximate surface area is 349 Å². The molecule has 18 nitrogen and oxygen atoms in total. The molecule has 1 fully saturated rings. The van der Waals surface area contributed by atoms with Crippen molar-refractivity contribution in [2.24, 2.45) is 26.1 Å². The lowest BCUT2D eigenvalue weighted by Crippen LogP contribution is -2.35. The van der Waals surface area contributed by atoms with Crippen molar-refractivity contribution in [1.82, 2.24) is 28.2 Å². The number of methoxy groups -OCH3 is 1. The van der Waals surface area contributed by atoms with Crippen molar-refractivity contribution >= 4 is 69.3 Å². The Bertz CT molecular complexity index is 2770. The van der Waals surface area contributed by atoms with Gasteiger partial charge in [-0.1, -0.05) is 12.2 Å². The SMILES string of the molecule is C=C1C[C@H]2C=Nc3cc(OCCCC(=O)Nc4cn(C)c(C(=O)Nc5cc(C(O)Nc6cc(C(=O)n7ccc8cc(N)ccc87)n(C)c6)n(C)c5)n4)c(OC)cc3C(=O)N2C1. The van der Waals surface area contributed by atoms with E-state index >= 15 is 0 Å². The first-order valence-electron chi connectivity index (χ1n) is 19.5. The van der Waals surface area contributed by atoms with Gasteiger partial charge in [0, 0.05) is 82.3 Å². The van der Waals surface area contributed by atoms with Gasteiger partial charge in [0.05, 0.1) is 53.6 Å². The molecule has 3 amide bonds. The number of nitrogens with zero attached hydrogens (tertiary/aromatic N) is 7. The van der Waals surface area contributed by atoms with Gasteiger partial charge in [-0.25, -0.2) is 4.98 Å². The first-order chi connectivity index (χ1) is 29.3. The van der Waals surface area contributed by atoms with E-state index in [9.17, 15) is 24.3 Å². The third kappa shape index (κ3) is 8.07. The van der Waals surface area contributed by atoms with Crippen molar-refractivity contribution in [2.45, 2.75) is 31.5 Å². The molecule has 0 spiro atoms. The number of carbonyl (C=O) groups excluding carboxylic acids is 4. The highest BCUT2D eigenvalue weighted by Gasteiger charge is 2.34. The topological polar surface area (TPSA) is 217 Å². The Morgan fingerprint density at radius 1 is 0.984 bits per heavy atom. The van der Waals surface area contributed by atoms with Gasteiger partial charge in [0.1, 0.15) is 5.69 Å². The second kappa shape index (κ2) is 16.2. The fraction of sp³-hybridized carbons (Fsp3) is 0.256. The van der Waals surface area contributed by atoms with Gasteiger partial charge in [0.25, 0.3) is 17.7 Å². The molecule has 4 aromatic heterocycles. The quantitative estimate of drug-likeness (QED) is 0.0456. The van der Waals surface area contributed by atoms with Gasteiger partial charge < -0.3 is 54.9 Å². The van der Waals surface area contributed by atoms with Gasteiger partial charge in [0.15, 0.2) is 23.5 Å². The summed E-state index contributed by atoms with van der Waals surface area (Å²) < 4.78 is 17.8. The summed E-state index contributed by atoms with van der Waals surface area (Å²) in [5.74, 6) is -0.224. The Morgan fingerprint density at radius 2 is 1.79 bits per heavy atom. The minimum Gasteiger partial charge on any atom is -0.493 e. The van der Waals surface area contributed by atoms with Gasteiger partial charge in [0.2, 0.25) is 11.7 Å². The maximum Gasteiger partial charge on any atom is 0.291 e. The first kappa shape index (κ1) is 40.2. The number of nitrogen functional groups attached to an aromatic ring is 1. The van der Waals surface area contributed by atoms with Crippen molar-refractivity contribution in [3.8, 4) is 11.5 Å². The van der Waals surface area contributed by atoms with Gasteiger partial charge in [-0.3, -0.25) is 28.7 Å². The van der Waals surface area contributed by atoms with E-state index in [0.717, 1.165) is 16.5 Å². The molecule has 2 aliphatic rings. The molecule has 6 N–H and O–H groups in total. The molecular weight excluding hydrogens is 783 g/mol. The van der Waals surface area contributed by atoms with Crippen LogP contribution in [0, 0.1) is 0 Å². The number of aryl methyl sites for hydroxylation is 3. The number of aliphatic imine (C=N–C) groups is 1. The van der Waals surface area contributed by atoms with Crippen LogP contribution in [0.15, 0.2) is 90.5 Å². The summed E-state index contributed by atoms with van der Waals surface area (Å²) in [6, 6.07) is 13.6. The highest BCUT2D eigenvalue weighted by Crippen LogP contribution is 2.38. The summed E-state index contributed by atoms with van der Waals surface area (Å²) in [5, 5.41) is 20.5. The maximum atomic E-state index is 13.5. The monoisotopic (exact) mass is 827 g/mol. The molecule has 2 aromatic carbocycles. The lowest BCUT2D eigenvalue weighted by atomic mass is 10.1. The fourth-order valence-electron chi connectivity index (χ4n) is 7.62. The average Bonchev–Trinajstić information content (AvgIpc) is 4.05. The molecule has 61 heavy (non-hydrogen) atoms. The predicted octanol–water partition coefficient (Wildman–Crippen LogP) is 4.97. The lowest BCUT2D eigenvalue weighted by molar-refractivity contribution is -0.116. The Morgan fingerprint density at radius 3 is 2.59 bits per heavy atom. The van der Waals surface area contributed by atoms with Crippen molar-refractivity contribution in [2.75, 3.05) is 41.9 Å². The minimum atomic E-state index is -1.19. The van der Waals surface area contributed by atoms with Crippen molar-refractivity contribution in [1.29, 1.82) is 0 Å². The third-order valence-electron chi connectivity index (χ3n) is 10.6. The second-order valence-electron chi connectivity index (χ2n) is 15.1. The first-order valence-corrected chi connectivity index (χ1v) is 19.5. The van der Waals surface area contributed by atoms with Gasteiger partial charge in [-0.2, -0.15) is 0 Å². The summed E-state index contributed by atoms with van der Waals surface area (Å²) in [4.78, 5) is 63.5. The lowest BCUT2D eigenvalue weighted by Gasteiger charge is -2.20. The molecule has 0 radical (unpaired) electrons. The van der Waals surface area contributed by atoms with Crippen LogP contribution >= 0.6 is 0 Å². The Balaban J connectivity index is 0.835. The molecule has 2 aliphatic heterocycles. The number of hydrogen-bond donors (Lipinski definition) is 5. The number of aliphatic hydroxyl groups is 1. The molecule has 6 heterocycles. The molecule has 8 rings (SSSR count). The van der Waals surface area contributed by atoms with Crippen molar-refractivity contribution in [3.05, 3.63) is 108 Å². The van der Waals surface area contributed by atoms with Crippen molar-refractivity contribution < 1.29 is 33.8 Å². The van der Waals surface area contributed by atoms with Gasteiger partial charge in [-0.05, 0) is 55.3 Å². The number of aromatic nitrogens is 5. The van der Waals surface area contributed by atoms with E-state index in [4.69, 9.17) is 15.2 Å². The average molecular weight is 828 g/mol. The number of benzene rings is 2. The number of imidazole rings is 1. The highest BCUT2D eigenvalue weighted by atomic mass is 16.5. The number of anilines is 4. The molecule has 1 unspecified atom stereocenters. The molecule has 314 valence electrons. The van der Waals surface area contributed by atoms with Crippen LogP contribution in [-0.4, -0.2) is 89.4 Å². The molecule has 0 saturated carbocycles. The maximum absolute atomic E-state index is 13.5. The van der Waals surface area contributed by atoms with E-state index in [1.165, 1.54) is 17.9 Å². The van der Waals surface area contributed by atoms with E-state index in [0.29, 0.717) is 70.6 Å². The molecule has 1 saturated heterocycles. The van der Waals surface area contributed by atoms with Crippen LogP contribution in [0.4, 0.5) is 28.6 Å². The summed E-state index contributed by atoms with van der Waals surface area (Å²) in [6.07, 6.45) is 8.27. The van der Waals surface area contributed by atoms with Crippen LogP contribution in [0.1, 0.15) is 62.6 Å². The summed E-state index contributed by atoms with van der Waals surface area (Å²) in [5.41, 5.74) is 10.9. The summed E-state index contributed by atoms with van der Waals surface area (Å²) in [7, 11) is 6.59. The molecule has 0 bridgehead atoms. The third-order valence-corrected chi connectivity index (χ3v) is 10.6. The van der Waals surface area contributed by atoms with Crippen LogP contribution < -0.4 is 31.2 Å². The number of ether oxygens (including phenoxy) is 2. The van der Waals surface area contributed by atoms with E-state index < -0.39 is 12.1 Å². The smallest absolute Gasteiger partial charge is 0.291 e. The number of nitrogens with one attached hydrogen (secondary N) is 3. The Hall–Kier alpha value is -7.60. The summed E-state index contributed by atoms with van der Waals surface area (Å²) >= 11 is 0. The highest BCUT2D eigenvalue weighted by molar-refractivity contribution is 6.05. The van der Waals surface area contributed by atoms with Crippen LogP contribution in [0.5, 0.6) is 11.5 Å². The zero-order chi connectivity index (χ0) is 43.1. The number of hydrogen-bond acceptors (Lipinski definition) is 11. The molecule has 6 aromatic rings. The second-order valence-corrected chi connectivity index (χ2v) is 15.1. The number of nitrogens with two attached hydrogens (primary N) is 1. The fourth-order valence-corrected chi connectivity index (χ4v) is 7.62. The van der Waals surface area contributed by atoms with Crippen molar-refractivity contribution in [3.63, 3.8) is 0 Å². The van der Waals surface area contributed by atoms with Crippen LogP contribution in [0.25, 0.3) is 10.9 Å². The zero-order valence-corrected chi connectivity index (χ0v) is 34.0. The number of rotatable bonds is 13. The van der Waals surface area contributed by atoms with Gasteiger partial charge in [-0.15, -0.1) is 0 Å². The van der Waals surface area contributed by atoms with Crippen LogP contribution in [-0.2, 0) is 25.9 Å². The Kier molecular flexibility index (Phi) is 10.7. The van der Waals surface area contributed by atoms with E-state index in [1.54, 1.807) is 107 Å². The summed E-state index contributed by atoms with van der Waals surface area (Å²) in [6.45, 7) is 4.68. The zero-order valence-electron chi connectivity index (χ0n) is 34.0. The molecule has 18 heteroatoms. The molecular formula is C43H45N11O7. The van der Waals surface area contributed by atoms with Gasteiger partial charge >= 0.3 is 0 Å². The van der Waals surface area contributed by atoms with Crippen LogP contribution in [0.3, 0.4) is 0 Å². The number of aliphatic hydroxyl groups excluding tert-OH is 1. The van der Waals surface area contributed by atoms with E-state index in [2.05, 4.69) is 32.5 Å². The number of fused-ring (bicyclic) bond motifs is 3. The molecule has 2 atom stereocenters. The number of carbonyl (C=O) groups is 4. The predicted molar refractivity (Wildman–Crippen MR) is 230 cm³/mol. The largest absolute Gasteiger partial charge is 0.493 e. The van der Waals surface area contributed by atoms with E-state index in [-0.39, 0.29) is 48.4 Å².